The molecule has 3 heteroatoms. The second-order valence-electron chi connectivity index (χ2n) is 3.55. The van der Waals surface area contributed by atoms with Crippen LogP contribution < -0.4 is 0 Å². The normalized spacial score (nSPS) is 15.5. The van der Waals surface area contributed by atoms with Crippen LogP contribution in [0.1, 0.15) is 33.6 Å². The minimum atomic E-state index is -0.136. The highest BCUT2D eigenvalue weighted by Crippen LogP contribution is 2.08. The van der Waals surface area contributed by atoms with Gasteiger partial charge in [-0.05, 0) is 27.3 Å². The average Bonchev–Trinajstić information content (AvgIpc) is 2.14. The molecule has 0 aromatic heterocycles. The van der Waals surface area contributed by atoms with Crippen molar-refractivity contribution in [3.05, 3.63) is 0 Å². The van der Waals surface area contributed by atoms with Crippen molar-refractivity contribution < 1.29 is 9.53 Å². The molecule has 3 nitrogen and oxygen atoms in total. The largest absolute Gasteiger partial charge is 0.469 e. The molecular weight excluding hydrogens is 166 g/mol. The molecule has 0 saturated heterocycles. The first kappa shape index (κ1) is 12.4. The zero-order chi connectivity index (χ0) is 10.4. The molecular formula is C10H21NO2. The Balaban J connectivity index is 3.95. The van der Waals surface area contributed by atoms with Gasteiger partial charge in [0.25, 0.3) is 0 Å². The SMILES string of the molecule is CCC(C)N(C)C(C)CC(=O)OC. The summed E-state index contributed by atoms with van der Waals surface area (Å²) in [7, 11) is 3.47. The van der Waals surface area contributed by atoms with Gasteiger partial charge in [-0.1, -0.05) is 6.92 Å². The number of esters is 1. The van der Waals surface area contributed by atoms with Crippen LogP contribution in [-0.2, 0) is 9.53 Å². The summed E-state index contributed by atoms with van der Waals surface area (Å²) in [5.41, 5.74) is 0. The van der Waals surface area contributed by atoms with Crippen LogP contribution in [0.5, 0.6) is 0 Å². The summed E-state index contributed by atoms with van der Waals surface area (Å²) >= 11 is 0. The van der Waals surface area contributed by atoms with Gasteiger partial charge in [0.05, 0.1) is 13.5 Å². The van der Waals surface area contributed by atoms with E-state index in [1.54, 1.807) is 0 Å². The lowest BCUT2D eigenvalue weighted by atomic mass is 10.1. The fraction of sp³-hybridized carbons (Fsp3) is 0.900. The van der Waals surface area contributed by atoms with E-state index in [1.165, 1.54) is 7.11 Å². The van der Waals surface area contributed by atoms with Crippen molar-refractivity contribution in [3.8, 4) is 0 Å². The Morgan fingerprint density at radius 1 is 1.38 bits per heavy atom. The van der Waals surface area contributed by atoms with Crippen LogP contribution in [0.25, 0.3) is 0 Å². The van der Waals surface area contributed by atoms with Gasteiger partial charge in [0.2, 0.25) is 0 Å². The van der Waals surface area contributed by atoms with Gasteiger partial charge in [-0.15, -0.1) is 0 Å². The third-order valence-corrected chi connectivity index (χ3v) is 2.67. The molecule has 2 unspecified atom stereocenters. The summed E-state index contributed by atoms with van der Waals surface area (Å²) < 4.78 is 4.62. The lowest BCUT2D eigenvalue weighted by Gasteiger charge is -2.29. The van der Waals surface area contributed by atoms with Gasteiger partial charge in [-0.2, -0.15) is 0 Å². The molecule has 0 aliphatic carbocycles. The predicted molar refractivity (Wildman–Crippen MR) is 53.6 cm³/mol. The number of carbonyl (C=O) groups excluding carboxylic acids is 1. The summed E-state index contributed by atoms with van der Waals surface area (Å²) in [6.07, 6.45) is 1.57. The van der Waals surface area contributed by atoms with Gasteiger partial charge in [-0.25, -0.2) is 0 Å². The minimum absolute atomic E-state index is 0.136. The zero-order valence-electron chi connectivity index (χ0n) is 9.33. The summed E-state index contributed by atoms with van der Waals surface area (Å²) in [5, 5.41) is 0. The minimum Gasteiger partial charge on any atom is -0.469 e. The van der Waals surface area contributed by atoms with Crippen LogP contribution in [0.2, 0.25) is 0 Å². The molecule has 0 aromatic rings. The van der Waals surface area contributed by atoms with Gasteiger partial charge in [-0.3, -0.25) is 4.79 Å². The zero-order valence-corrected chi connectivity index (χ0v) is 9.33. The third-order valence-electron chi connectivity index (χ3n) is 2.67. The highest BCUT2D eigenvalue weighted by Gasteiger charge is 2.17. The molecule has 0 aliphatic rings. The first-order valence-corrected chi connectivity index (χ1v) is 4.81. The molecule has 13 heavy (non-hydrogen) atoms. The first-order chi connectivity index (χ1) is 6.02. The Hall–Kier alpha value is -0.570. The standard InChI is InChI=1S/C10H21NO2/c1-6-8(2)11(4)9(3)7-10(12)13-5/h8-9H,6-7H2,1-5H3. The van der Waals surface area contributed by atoms with E-state index in [0.717, 1.165) is 6.42 Å². The van der Waals surface area contributed by atoms with Crippen LogP contribution in [0.3, 0.4) is 0 Å². The van der Waals surface area contributed by atoms with Crippen LogP contribution in [0, 0.1) is 0 Å². The molecule has 0 aliphatic heterocycles. The summed E-state index contributed by atoms with van der Waals surface area (Å²) in [6.45, 7) is 6.35. The molecule has 0 aromatic carbocycles. The molecule has 78 valence electrons. The maximum Gasteiger partial charge on any atom is 0.307 e. The molecule has 2 atom stereocenters. The van der Waals surface area contributed by atoms with Gasteiger partial charge in [0.1, 0.15) is 0 Å². The fourth-order valence-corrected chi connectivity index (χ4v) is 1.19. The Morgan fingerprint density at radius 3 is 2.31 bits per heavy atom. The quantitative estimate of drug-likeness (QED) is 0.613. The molecule has 0 radical (unpaired) electrons. The highest BCUT2D eigenvalue weighted by molar-refractivity contribution is 5.69. The number of nitrogens with zero attached hydrogens (tertiary/aromatic N) is 1. The Kier molecular flexibility index (Phi) is 5.71. The number of rotatable bonds is 5. The predicted octanol–water partition coefficient (Wildman–Crippen LogP) is 1.67. The van der Waals surface area contributed by atoms with E-state index in [2.05, 4.69) is 23.5 Å². The molecule has 0 bridgehead atoms. The van der Waals surface area contributed by atoms with Gasteiger partial charge in [0.15, 0.2) is 0 Å². The van der Waals surface area contributed by atoms with E-state index in [0.29, 0.717) is 12.5 Å². The van der Waals surface area contributed by atoms with Crippen molar-refractivity contribution in [2.45, 2.75) is 45.7 Å². The summed E-state index contributed by atoms with van der Waals surface area (Å²) in [4.78, 5) is 13.2. The summed E-state index contributed by atoms with van der Waals surface area (Å²) in [5.74, 6) is -0.136. The van der Waals surface area contributed by atoms with Crippen molar-refractivity contribution in [1.82, 2.24) is 4.90 Å². The third kappa shape index (κ3) is 4.27. The van der Waals surface area contributed by atoms with E-state index < -0.39 is 0 Å². The van der Waals surface area contributed by atoms with Crippen LogP contribution >= 0.6 is 0 Å². The maximum absolute atomic E-state index is 11.0. The monoisotopic (exact) mass is 187 g/mol. The molecule has 0 rings (SSSR count). The van der Waals surface area contributed by atoms with Crippen LogP contribution in [0.15, 0.2) is 0 Å². The number of methoxy groups -OCH3 is 1. The lowest BCUT2D eigenvalue weighted by Crippen LogP contribution is -2.37. The van der Waals surface area contributed by atoms with Crippen LogP contribution in [-0.4, -0.2) is 37.1 Å². The van der Waals surface area contributed by atoms with Crippen molar-refractivity contribution in [1.29, 1.82) is 0 Å². The Morgan fingerprint density at radius 2 is 1.92 bits per heavy atom. The fourth-order valence-electron chi connectivity index (χ4n) is 1.19. The Bertz CT molecular complexity index is 159. The molecule has 0 spiro atoms. The number of hydrogen-bond acceptors (Lipinski definition) is 3. The molecule has 0 saturated carbocycles. The Labute approximate surface area is 81.1 Å². The lowest BCUT2D eigenvalue weighted by molar-refractivity contribution is -0.141. The van der Waals surface area contributed by atoms with E-state index in [4.69, 9.17) is 0 Å². The van der Waals surface area contributed by atoms with E-state index in [-0.39, 0.29) is 12.0 Å². The molecule has 0 heterocycles. The van der Waals surface area contributed by atoms with E-state index in [9.17, 15) is 4.79 Å². The second-order valence-corrected chi connectivity index (χ2v) is 3.55. The first-order valence-electron chi connectivity index (χ1n) is 4.81. The number of ether oxygens (including phenoxy) is 1. The van der Waals surface area contributed by atoms with Crippen LogP contribution in [0.4, 0.5) is 0 Å². The van der Waals surface area contributed by atoms with Crippen molar-refractivity contribution in [3.63, 3.8) is 0 Å². The highest BCUT2D eigenvalue weighted by atomic mass is 16.5. The van der Waals surface area contributed by atoms with Crippen molar-refractivity contribution >= 4 is 5.97 Å². The van der Waals surface area contributed by atoms with Gasteiger partial charge >= 0.3 is 5.97 Å². The van der Waals surface area contributed by atoms with Gasteiger partial charge < -0.3 is 9.64 Å². The average molecular weight is 187 g/mol. The van der Waals surface area contributed by atoms with E-state index in [1.807, 2.05) is 14.0 Å². The maximum atomic E-state index is 11.0. The van der Waals surface area contributed by atoms with Crippen molar-refractivity contribution in [2.75, 3.05) is 14.2 Å². The summed E-state index contributed by atoms with van der Waals surface area (Å²) in [6, 6.07) is 0.766. The number of hydrogen-bond donors (Lipinski definition) is 0. The molecule has 0 fully saturated rings. The molecule has 0 amide bonds. The van der Waals surface area contributed by atoms with Gasteiger partial charge in [0, 0.05) is 12.1 Å². The topological polar surface area (TPSA) is 29.5 Å². The van der Waals surface area contributed by atoms with Crippen molar-refractivity contribution in [2.24, 2.45) is 0 Å². The van der Waals surface area contributed by atoms with E-state index >= 15 is 0 Å². The number of carbonyl (C=O) groups is 1. The smallest absolute Gasteiger partial charge is 0.307 e. The second kappa shape index (κ2) is 5.97. The molecule has 0 N–H and O–H groups in total.